The predicted octanol–water partition coefficient (Wildman–Crippen LogP) is 0.241. The third-order valence-corrected chi connectivity index (χ3v) is 2.93. The molecule has 2 rings (SSSR count). The number of nitrogens with zero attached hydrogens (tertiary/aromatic N) is 3. The van der Waals surface area contributed by atoms with Gasteiger partial charge in [0.25, 0.3) is 0 Å². The van der Waals surface area contributed by atoms with Gasteiger partial charge in [-0.2, -0.15) is 4.98 Å². The standard InChI is InChI=1S/C10H17N3O2/c1-13-5-2-3-8(13)7-10-11-9(4-6-14)12-15-10/h8,14H,2-7H2,1H3. The molecule has 1 aromatic rings. The van der Waals surface area contributed by atoms with Crippen LogP contribution in [0.15, 0.2) is 4.52 Å². The van der Waals surface area contributed by atoms with Crippen LogP contribution in [0.5, 0.6) is 0 Å². The first-order chi connectivity index (χ1) is 7.29. The number of aromatic nitrogens is 2. The fourth-order valence-electron chi connectivity index (χ4n) is 2.01. The lowest BCUT2D eigenvalue weighted by atomic mass is 10.1. The maximum Gasteiger partial charge on any atom is 0.228 e. The molecule has 5 nitrogen and oxygen atoms in total. The number of aliphatic hydroxyl groups excluding tert-OH is 1. The van der Waals surface area contributed by atoms with E-state index in [1.807, 2.05) is 0 Å². The normalized spacial score (nSPS) is 22.4. The summed E-state index contributed by atoms with van der Waals surface area (Å²) >= 11 is 0. The second-order valence-corrected chi connectivity index (χ2v) is 4.06. The van der Waals surface area contributed by atoms with Crippen molar-refractivity contribution in [3.63, 3.8) is 0 Å². The first kappa shape index (κ1) is 10.6. The van der Waals surface area contributed by atoms with Gasteiger partial charge >= 0.3 is 0 Å². The third kappa shape index (κ3) is 2.54. The molecule has 1 unspecified atom stereocenters. The summed E-state index contributed by atoms with van der Waals surface area (Å²) in [7, 11) is 2.13. The van der Waals surface area contributed by atoms with E-state index in [0.717, 1.165) is 13.0 Å². The molecule has 1 aliphatic rings. The van der Waals surface area contributed by atoms with Gasteiger partial charge in [0, 0.05) is 18.9 Å². The van der Waals surface area contributed by atoms with Crippen LogP contribution in [-0.2, 0) is 12.8 Å². The minimum atomic E-state index is 0.0717. The number of rotatable bonds is 4. The molecule has 0 aliphatic carbocycles. The molecule has 1 saturated heterocycles. The second-order valence-electron chi connectivity index (χ2n) is 4.06. The highest BCUT2D eigenvalue weighted by molar-refractivity contribution is 4.91. The number of likely N-dealkylation sites (tertiary alicyclic amines) is 1. The van der Waals surface area contributed by atoms with E-state index in [-0.39, 0.29) is 6.61 Å². The van der Waals surface area contributed by atoms with E-state index in [1.54, 1.807) is 0 Å². The molecule has 84 valence electrons. The lowest BCUT2D eigenvalue weighted by Crippen LogP contribution is -2.26. The van der Waals surface area contributed by atoms with Crippen LogP contribution in [0.2, 0.25) is 0 Å². The van der Waals surface area contributed by atoms with Crippen LogP contribution >= 0.6 is 0 Å². The summed E-state index contributed by atoms with van der Waals surface area (Å²) in [6.45, 7) is 1.23. The van der Waals surface area contributed by atoms with Gasteiger partial charge < -0.3 is 14.5 Å². The number of aliphatic hydroxyl groups is 1. The zero-order valence-electron chi connectivity index (χ0n) is 9.02. The summed E-state index contributed by atoms with van der Waals surface area (Å²) in [4.78, 5) is 6.56. The highest BCUT2D eigenvalue weighted by atomic mass is 16.5. The zero-order valence-corrected chi connectivity index (χ0v) is 9.02. The molecule has 1 aromatic heterocycles. The lowest BCUT2D eigenvalue weighted by molar-refractivity contribution is 0.276. The van der Waals surface area contributed by atoms with Crippen LogP contribution in [0.3, 0.4) is 0 Å². The molecule has 2 heterocycles. The van der Waals surface area contributed by atoms with Gasteiger partial charge in [0.1, 0.15) is 0 Å². The van der Waals surface area contributed by atoms with Crippen molar-refractivity contribution in [2.45, 2.75) is 31.7 Å². The van der Waals surface area contributed by atoms with Crippen LogP contribution in [0.25, 0.3) is 0 Å². The van der Waals surface area contributed by atoms with E-state index in [9.17, 15) is 0 Å². The minimum absolute atomic E-state index is 0.0717. The molecule has 0 radical (unpaired) electrons. The van der Waals surface area contributed by atoms with Crippen LogP contribution in [-0.4, -0.2) is 46.4 Å². The Balaban J connectivity index is 1.92. The second kappa shape index (κ2) is 4.72. The van der Waals surface area contributed by atoms with Gasteiger partial charge in [-0.25, -0.2) is 0 Å². The number of hydrogen-bond donors (Lipinski definition) is 1. The summed E-state index contributed by atoms with van der Waals surface area (Å²) in [6.07, 6.45) is 3.76. The van der Waals surface area contributed by atoms with Crippen LogP contribution in [0.4, 0.5) is 0 Å². The van der Waals surface area contributed by atoms with Crippen molar-refractivity contribution < 1.29 is 9.63 Å². The smallest absolute Gasteiger partial charge is 0.228 e. The Labute approximate surface area is 89.1 Å². The Morgan fingerprint density at radius 1 is 1.60 bits per heavy atom. The van der Waals surface area contributed by atoms with Gasteiger partial charge in [0.05, 0.1) is 6.61 Å². The van der Waals surface area contributed by atoms with E-state index in [2.05, 4.69) is 22.1 Å². The Hall–Kier alpha value is -0.940. The minimum Gasteiger partial charge on any atom is -0.396 e. The van der Waals surface area contributed by atoms with Gasteiger partial charge in [-0.15, -0.1) is 0 Å². The van der Waals surface area contributed by atoms with Crippen molar-refractivity contribution in [1.82, 2.24) is 15.0 Å². The van der Waals surface area contributed by atoms with Crippen molar-refractivity contribution in [3.05, 3.63) is 11.7 Å². The Bertz CT molecular complexity index is 313. The maximum absolute atomic E-state index is 8.73. The molecule has 5 heteroatoms. The zero-order chi connectivity index (χ0) is 10.7. The molecule has 1 fully saturated rings. The SMILES string of the molecule is CN1CCCC1Cc1nc(CCO)no1. The maximum atomic E-state index is 8.73. The van der Waals surface area contributed by atoms with Crippen molar-refractivity contribution in [2.75, 3.05) is 20.2 Å². The van der Waals surface area contributed by atoms with Crippen molar-refractivity contribution >= 4 is 0 Å². The lowest BCUT2D eigenvalue weighted by Gasteiger charge is -2.16. The van der Waals surface area contributed by atoms with Gasteiger partial charge in [-0.3, -0.25) is 0 Å². The molecule has 1 aliphatic heterocycles. The molecule has 0 saturated carbocycles. The molecular formula is C10H17N3O2. The van der Waals surface area contributed by atoms with E-state index >= 15 is 0 Å². The molecule has 0 amide bonds. The van der Waals surface area contributed by atoms with Crippen molar-refractivity contribution in [1.29, 1.82) is 0 Å². The van der Waals surface area contributed by atoms with E-state index < -0.39 is 0 Å². The van der Waals surface area contributed by atoms with Crippen LogP contribution < -0.4 is 0 Å². The van der Waals surface area contributed by atoms with Gasteiger partial charge in [-0.1, -0.05) is 5.16 Å². The summed E-state index contributed by atoms with van der Waals surface area (Å²) < 4.78 is 5.13. The first-order valence-electron chi connectivity index (χ1n) is 5.42. The summed E-state index contributed by atoms with van der Waals surface area (Å²) in [5.41, 5.74) is 0. The summed E-state index contributed by atoms with van der Waals surface area (Å²) in [5, 5.41) is 12.5. The Morgan fingerprint density at radius 2 is 2.47 bits per heavy atom. The monoisotopic (exact) mass is 211 g/mol. The summed E-state index contributed by atoms with van der Waals surface area (Å²) in [5.74, 6) is 1.30. The molecule has 1 N–H and O–H groups in total. The highest BCUT2D eigenvalue weighted by Gasteiger charge is 2.23. The van der Waals surface area contributed by atoms with Crippen molar-refractivity contribution in [2.24, 2.45) is 0 Å². The van der Waals surface area contributed by atoms with E-state index in [1.165, 1.54) is 12.8 Å². The van der Waals surface area contributed by atoms with Gasteiger partial charge in [-0.05, 0) is 26.4 Å². The van der Waals surface area contributed by atoms with Crippen molar-refractivity contribution in [3.8, 4) is 0 Å². The fraction of sp³-hybridized carbons (Fsp3) is 0.800. The van der Waals surface area contributed by atoms with E-state index in [4.69, 9.17) is 9.63 Å². The molecule has 0 bridgehead atoms. The average molecular weight is 211 g/mol. The van der Waals surface area contributed by atoms with Crippen LogP contribution in [0.1, 0.15) is 24.6 Å². The molecule has 0 spiro atoms. The Kier molecular flexibility index (Phi) is 3.33. The Morgan fingerprint density at radius 3 is 3.13 bits per heavy atom. The average Bonchev–Trinajstić information content (AvgIpc) is 2.79. The van der Waals surface area contributed by atoms with Gasteiger partial charge in [0.15, 0.2) is 5.82 Å². The van der Waals surface area contributed by atoms with E-state index in [0.29, 0.717) is 24.2 Å². The van der Waals surface area contributed by atoms with Crippen LogP contribution in [0, 0.1) is 0 Å². The van der Waals surface area contributed by atoms with Gasteiger partial charge in [0.2, 0.25) is 5.89 Å². The molecular weight excluding hydrogens is 194 g/mol. The quantitative estimate of drug-likeness (QED) is 0.773. The topological polar surface area (TPSA) is 62.4 Å². The fourth-order valence-corrected chi connectivity index (χ4v) is 2.01. The third-order valence-electron chi connectivity index (χ3n) is 2.93. The molecule has 1 atom stereocenters. The largest absolute Gasteiger partial charge is 0.396 e. The molecule has 15 heavy (non-hydrogen) atoms. The number of hydrogen-bond acceptors (Lipinski definition) is 5. The number of likely N-dealkylation sites (N-methyl/N-ethyl adjacent to an activating group) is 1. The summed E-state index contributed by atoms with van der Waals surface area (Å²) in [6, 6.07) is 0.535. The highest BCUT2D eigenvalue weighted by Crippen LogP contribution is 2.18. The molecule has 0 aromatic carbocycles. The first-order valence-corrected chi connectivity index (χ1v) is 5.42. The predicted molar refractivity (Wildman–Crippen MR) is 54.4 cm³/mol.